The highest BCUT2D eigenvalue weighted by Crippen LogP contribution is 2.45. The molecular weight excluding hydrogens is 707 g/mol. The first kappa shape index (κ1) is 31.3. The molecule has 0 saturated heterocycles. The summed E-state index contributed by atoms with van der Waals surface area (Å²) in [5, 5.41) is 12.1. The molecule has 9 aromatic carbocycles. The van der Waals surface area contributed by atoms with E-state index in [-0.39, 0.29) is 0 Å². The SMILES string of the molecule is c1ccc(-c2nc(-c3ccccc3)nc(-c3cccc4c5cccc6c5n(c5cc7ccccc7cc5c5cc7ccccc7c7c8ccccc8n6c57)c34)n2)cc1. The van der Waals surface area contributed by atoms with Gasteiger partial charge in [-0.15, -0.1) is 0 Å². The second kappa shape index (κ2) is 11.8. The summed E-state index contributed by atoms with van der Waals surface area (Å²) in [4.78, 5) is 15.6. The molecule has 0 atom stereocenters. The van der Waals surface area contributed by atoms with Crippen molar-refractivity contribution in [1.82, 2.24) is 23.8 Å². The molecule has 4 heterocycles. The fourth-order valence-electron chi connectivity index (χ4n) is 9.55. The van der Waals surface area contributed by atoms with Crippen molar-refractivity contribution < 1.29 is 0 Å². The third-order valence-electron chi connectivity index (χ3n) is 12.0. The second-order valence-electron chi connectivity index (χ2n) is 15.2. The van der Waals surface area contributed by atoms with Crippen LogP contribution in [0.25, 0.3) is 121 Å². The average molecular weight is 738 g/mol. The summed E-state index contributed by atoms with van der Waals surface area (Å²) in [6.07, 6.45) is 0. The van der Waals surface area contributed by atoms with Crippen LogP contribution in [0.15, 0.2) is 188 Å². The van der Waals surface area contributed by atoms with Gasteiger partial charge in [0.2, 0.25) is 0 Å². The van der Waals surface area contributed by atoms with Crippen LogP contribution in [0.4, 0.5) is 0 Å². The second-order valence-corrected chi connectivity index (χ2v) is 15.2. The van der Waals surface area contributed by atoms with Gasteiger partial charge < -0.3 is 8.80 Å². The lowest BCUT2D eigenvalue weighted by Crippen LogP contribution is -2.01. The fourth-order valence-corrected chi connectivity index (χ4v) is 9.55. The molecule has 13 aromatic rings. The Balaban J connectivity index is 1.31. The van der Waals surface area contributed by atoms with E-state index in [0.29, 0.717) is 17.5 Å². The summed E-state index contributed by atoms with van der Waals surface area (Å²) in [5.41, 5.74) is 9.68. The highest BCUT2D eigenvalue weighted by atomic mass is 15.0. The van der Waals surface area contributed by atoms with Gasteiger partial charge in [-0.3, -0.25) is 0 Å². The molecule has 0 amide bonds. The summed E-state index contributed by atoms with van der Waals surface area (Å²) in [5.74, 6) is 1.90. The predicted molar refractivity (Wildman–Crippen MR) is 241 cm³/mol. The molecule has 4 aromatic heterocycles. The summed E-state index contributed by atoms with van der Waals surface area (Å²) in [7, 11) is 0. The van der Waals surface area contributed by atoms with Gasteiger partial charge in [-0.05, 0) is 57.9 Å². The standard InChI is InChI=1S/C53H31N5/c1-3-15-32(16-4-1)51-54-52(33-17-5-2-6-18-33)56-53(55-51)41-26-13-24-38-39-25-14-28-45-49(39)58(48(38)41)46-31-35-20-8-7-19-34(35)29-42(46)43-30-36-21-9-10-22-37(36)47-40-23-11-12-27-44(40)57(45)50(43)47/h1-31H. The maximum Gasteiger partial charge on any atom is 0.166 e. The van der Waals surface area contributed by atoms with Gasteiger partial charge in [-0.2, -0.15) is 0 Å². The van der Waals surface area contributed by atoms with Crippen molar-refractivity contribution in [2.24, 2.45) is 0 Å². The van der Waals surface area contributed by atoms with E-state index in [1.165, 1.54) is 59.5 Å². The smallest absolute Gasteiger partial charge is 0.166 e. The molecule has 0 saturated carbocycles. The molecule has 0 aliphatic carbocycles. The number of benzene rings is 9. The van der Waals surface area contributed by atoms with Crippen LogP contribution in [-0.2, 0) is 0 Å². The quantitative estimate of drug-likeness (QED) is 0.181. The lowest BCUT2D eigenvalue weighted by Gasteiger charge is -2.14. The summed E-state index contributed by atoms with van der Waals surface area (Å²) >= 11 is 0. The lowest BCUT2D eigenvalue weighted by atomic mass is 9.98. The normalized spacial score (nSPS) is 12.1. The van der Waals surface area contributed by atoms with E-state index >= 15 is 0 Å². The van der Waals surface area contributed by atoms with Gasteiger partial charge in [0.15, 0.2) is 17.5 Å². The van der Waals surface area contributed by atoms with Gasteiger partial charge in [-0.1, -0.05) is 152 Å². The molecule has 0 radical (unpaired) electrons. The molecule has 0 aliphatic rings. The molecule has 0 aliphatic heterocycles. The van der Waals surface area contributed by atoms with Crippen LogP contribution < -0.4 is 0 Å². The maximum atomic E-state index is 5.28. The predicted octanol–water partition coefficient (Wildman–Crippen LogP) is 13.5. The average Bonchev–Trinajstić information content (AvgIpc) is 3.82. The summed E-state index contributed by atoms with van der Waals surface area (Å²) < 4.78 is 5.02. The van der Waals surface area contributed by atoms with Gasteiger partial charge in [0.05, 0.1) is 33.1 Å². The highest BCUT2D eigenvalue weighted by molar-refractivity contribution is 6.31. The zero-order valence-electron chi connectivity index (χ0n) is 31.1. The Bertz CT molecular complexity index is 3790. The van der Waals surface area contributed by atoms with E-state index in [4.69, 9.17) is 15.0 Å². The first-order chi connectivity index (χ1) is 28.8. The van der Waals surface area contributed by atoms with E-state index in [2.05, 4.69) is 160 Å². The maximum absolute atomic E-state index is 5.28. The van der Waals surface area contributed by atoms with Gasteiger partial charge in [0.25, 0.3) is 0 Å². The molecule has 268 valence electrons. The van der Waals surface area contributed by atoms with Gasteiger partial charge in [0, 0.05) is 49.0 Å². The van der Waals surface area contributed by atoms with Crippen molar-refractivity contribution in [3.8, 4) is 34.2 Å². The topological polar surface area (TPSA) is 47.5 Å². The van der Waals surface area contributed by atoms with E-state index in [1.54, 1.807) is 0 Å². The van der Waals surface area contributed by atoms with Crippen LogP contribution in [0.2, 0.25) is 0 Å². The minimum absolute atomic E-state index is 0.628. The van der Waals surface area contributed by atoms with E-state index < -0.39 is 0 Å². The van der Waals surface area contributed by atoms with Crippen LogP contribution in [0.3, 0.4) is 0 Å². The van der Waals surface area contributed by atoms with Crippen molar-refractivity contribution in [2.75, 3.05) is 0 Å². The molecule has 58 heavy (non-hydrogen) atoms. The van der Waals surface area contributed by atoms with Crippen LogP contribution in [0, 0.1) is 0 Å². The Morgan fingerprint density at radius 2 is 0.828 bits per heavy atom. The number of hydrogen-bond donors (Lipinski definition) is 0. The Morgan fingerprint density at radius 1 is 0.293 bits per heavy atom. The van der Waals surface area contributed by atoms with E-state index in [0.717, 1.165) is 44.1 Å². The minimum atomic E-state index is 0.628. The van der Waals surface area contributed by atoms with Crippen LogP contribution >= 0.6 is 0 Å². The molecular formula is C53H31N5. The monoisotopic (exact) mass is 737 g/mol. The van der Waals surface area contributed by atoms with Crippen molar-refractivity contribution in [1.29, 1.82) is 0 Å². The van der Waals surface area contributed by atoms with Crippen molar-refractivity contribution >= 4 is 87.0 Å². The molecule has 0 N–H and O–H groups in total. The zero-order valence-corrected chi connectivity index (χ0v) is 31.1. The molecule has 5 heteroatoms. The Morgan fingerprint density at radius 3 is 1.57 bits per heavy atom. The first-order valence-electron chi connectivity index (χ1n) is 19.7. The van der Waals surface area contributed by atoms with Gasteiger partial charge in [0.1, 0.15) is 0 Å². The number of para-hydroxylation sites is 3. The van der Waals surface area contributed by atoms with E-state index in [1.807, 2.05) is 36.4 Å². The van der Waals surface area contributed by atoms with Gasteiger partial charge in [-0.25, -0.2) is 15.0 Å². The fraction of sp³-hybridized carbons (Fsp3) is 0. The Kier molecular flexibility index (Phi) is 6.38. The lowest BCUT2D eigenvalue weighted by molar-refractivity contribution is 1.07. The molecule has 5 nitrogen and oxygen atoms in total. The number of fused-ring (bicyclic) bond motifs is 13. The summed E-state index contributed by atoms with van der Waals surface area (Å²) in [6, 6.07) is 67.4. The number of nitrogens with zero attached hydrogens (tertiary/aromatic N) is 5. The number of aromatic nitrogens is 5. The van der Waals surface area contributed by atoms with Crippen LogP contribution in [-0.4, -0.2) is 23.8 Å². The number of rotatable bonds is 3. The van der Waals surface area contributed by atoms with Gasteiger partial charge >= 0.3 is 0 Å². The minimum Gasteiger partial charge on any atom is -0.306 e. The molecule has 0 fully saturated rings. The molecule has 0 unspecified atom stereocenters. The molecule has 0 bridgehead atoms. The van der Waals surface area contributed by atoms with E-state index in [9.17, 15) is 0 Å². The highest BCUT2D eigenvalue weighted by Gasteiger charge is 2.23. The van der Waals surface area contributed by atoms with Crippen LogP contribution in [0.5, 0.6) is 0 Å². The first-order valence-corrected chi connectivity index (χ1v) is 19.7. The molecule has 0 spiro atoms. The summed E-state index contributed by atoms with van der Waals surface area (Å²) in [6.45, 7) is 0. The van der Waals surface area contributed by atoms with Crippen LogP contribution in [0.1, 0.15) is 0 Å². The third kappa shape index (κ3) is 4.33. The van der Waals surface area contributed by atoms with Crippen molar-refractivity contribution in [2.45, 2.75) is 0 Å². The largest absolute Gasteiger partial charge is 0.306 e. The van der Waals surface area contributed by atoms with Crippen molar-refractivity contribution in [3.05, 3.63) is 188 Å². The molecule has 13 rings (SSSR count). The zero-order chi connectivity index (χ0) is 37.9. The van der Waals surface area contributed by atoms with Crippen molar-refractivity contribution in [3.63, 3.8) is 0 Å². The Labute approximate surface area is 331 Å². The Hall–Kier alpha value is -7.89. The number of hydrogen-bond acceptors (Lipinski definition) is 3. The third-order valence-corrected chi connectivity index (χ3v) is 12.0.